The van der Waals surface area contributed by atoms with Crippen molar-refractivity contribution >= 4 is 17.7 Å². The maximum absolute atomic E-state index is 10.8. The summed E-state index contributed by atoms with van der Waals surface area (Å²) >= 11 is 1.88. The molecule has 1 atom stereocenters. The van der Waals surface area contributed by atoms with E-state index in [0.29, 0.717) is 12.3 Å². The summed E-state index contributed by atoms with van der Waals surface area (Å²) in [6, 6.07) is 8.63. The van der Waals surface area contributed by atoms with Crippen LogP contribution in [0.25, 0.3) is 0 Å². The lowest BCUT2D eigenvalue weighted by Crippen LogP contribution is -2.37. The summed E-state index contributed by atoms with van der Waals surface area (Å²) in [6.07, 6.45) is 2.52. The number of carboxylic acid groups (broad SMARTS) is 1. The zero-order valence-corrected chi connectivity index (χ0v) is 12.9. The Balaban J connectivity index is 1.70. The summed E-state index contributed by atoms with van der Waals surface area (Å²) in [4.78, 5) is 14.5. The number of benzene rings is 1. The van der Waals surface area contributed by atoms with Gasteiger partial charge in [0.2, 0.25) is 0 Å². The van der Waals surface area contributed by atoms with Crippen molar-refractivity contribution < 1.29 is 9.90 Å². The quantitative estimate of drug-likeness (QED) is 0.817. The van der Waals surface area contributed by atoms with Crippen LogP contribution < -0.4 is 0 Å². The molecule has 0 amide bonds. The Kier molecular flexibility index (Phi) is 5.92. The number of carbonyl (C=O) groups is 1. The number of hydrogen-bond acceptors (Lipinski definition) is 3. The van der Waals surface area contributed by atoms with Crippen LogP contribution in [0.15, 0.2) is 29.2 Å². The number of aliphatic carboxylic acids is 1. The Morgan fingerprint density at radius 1 is 1.40 bits per heavy atom. The monoisotopic (exact) mass is 293 g/mol. The Hall–Kier alpha value is -1.00. The molecule has 1 fully saturated rings. The molecule has 2 rings (SSSR count). The third kappa shape index (κ3) is 5.17. The van der Waals surface area contributed by atoms with Crippen LogP contribution in [0.5, 0.6) is 0 Å². The summed E-state index contributed by atoms with van der Waals surface area (Å²) in [5, 5.41) is 8.88. The number of rotatable bonds is 6. The van der Waals surface area contributed by atoms with Gasteiger partial charge < -0.3 is 10.0 Å². The first-order valence-electron chi connectivity index (χ1n) is 7.27. The van der Waals surface area contributed by atoms with Crippen LogP contribution in [0.1, 0.15) is 24.8 Å². The molecule has 1 heterocycles. The molecule has 0 bridgehead atoms. The molecule has 0 spiro atoms. The van der Waals surface area contributed by atoms with Crippen molar-refractivity contribution in [1.29, 1.82) is 0 Å². The van der Waals surface area contributed by atoms with Gasteiger partial charge in [-0.1, -0.05) is 17.7 Å². The minimum atomic E-state index is -0.661. The van der Waals surface area contributed by atoms with Gasteiger partial charge in [-0.25, -0.2) is 0 Å². The van der Waals surface area contributed by atoms with E-state index >= 15 is 0 Å². The zero-order valence-electron chi connectivity index (χ0n) is 12.0. The second-order valence-electron chi connectivity index (χ2n) is 5.57. The van der Waals surface area contributed by atoms with E-state index in [2.05, 4.69) is 36.1 Å². The minimum absolute atomic E-state index is 0.321. The van der Waals surface area contributed by atoms with Crippen LogP contribution in [0.3, 0.4) is 0 Å². The molecular weight excluding hydrogens is 270 g/mol. The largest absolute Gasteiger partial charge is 0.481 e. The number of carboxylic acids is 1. The van der Waals surface area contributed by atoms with Crippen molar-refractivity contribution in [3.63, 3.8) is 0 Å². The summed E-state index contributed by atoms with van der Waals surface area (Å²) in [5.74, 6) is 0.750. The lowest BCUT2D eigenvalue weighted by atomic mass is 9.95. The molecule has 1 aromatic carbocycles. The second-order valence-corrected chi connectivity index (χ2v) is 6.74. The van der Waals surface area contributed by atoms with Gasteiger partial charge in [-0.15, -0.1) is 11.8 Å². The first-order chi connectivity index (χ1) is 9.63. The van der Waals surface area contributed by atoms with Gasteiger partial charge in [-0.2, -0.15) is 0 Å². The SMILES string of the molecule is Cc1ccc(SCCN2CCCC(CC(=O)O)C2)cc1. The molecule has 0 radical (unpaired) electrons. The number of hydrogen-bond donors (Lipinski definition) is 1. The Morgan fingerprint density at radius 3 is 2.85 bits per heavy atom. The summed E-state index contributed by atoms with van der Waals surface area (Å²) in [5.41, 5.74) is 1.29. The van der Waals surface area contributed by atoms with E-state index in [1.165, 1.54) is 10.5 Å². The van der Waals surface area contributed by atoms with E-state index in [4.69, 9.17) is 5.11 Å². The smallest absolute Gasteiger partial charge is 0.303 e. The molecule has 1 aliphatic heterocycles. The molecule has 110 valence electrons. The van der Waals surface area contributed by atoms with E-state index in [1.807, 2.05) is 11.8 Å². The van der Waals surface area contributed by atoms with Crippen molar-refractivity contribution in [3.05, 3.63) is 29.8 Å². The van der Waals surface area contributed by atoms with Gasteiger partial charge >= 0.3 is 5.97 Å². The Bertz CT molecular complexity index is 433. The first kappa shape index (κ1) is 15.4. The van der Waals surface area contributed by atoms with E-state index in [0.717, 1.165) is 38.2 Å². The average Bonchev–Trinajstić information content (AvgIpc) is 2.41. The number of aryl methyl sites for hydroxylation is 1. The van der Waals surface area contributed by atoms with Gasteiger partial charge in [0.1, 0.15) is 0 Å². The number of nitrogens with zero attached hydrogens (tertiary/aromatic N) is 1. The van der Waals surface area contributed by atoms with Gasteiger partial charge in [0.25, 0.3) is 0 Å². The van der Waals surface area contributed by atoms with Crippen LogP contribution in [0.4, 0.5) is 0 Å². The molecule has 1 N–H and O–H groups in total. The molecule has 0 saturated carbocycles. The number of piperidine rings is 1. The van der Waals surface area contributed by atoms with Gasteiger partial charge in [-0.05, 0) is 44.4 Å². The molecule has 20 heavy (non-hydrogen) atoms. The topological polar surface area (TPSA) is 40.5 Å². The lowest BCUT2D eigenvalue weighted by molar-refractivity contribution is -0.138. The summed E-state index contributed by atoms with van der Waals surface area (Å²) in [6.45, 7) is 5.21. The fourth-order valence-electron chi connectivity index (χ4n) is 2.70. The summed E-state index contributed by atoms with van der Waals surface area (Å²) in [7, 11) is 0. The van der Waals surface area contributed by atoms with Crippen LogP contribution in [0.2, 0.25) is 0 Å². The molecule has 3 nitrogen and oxygen atoms in total. The van der Waals surface area contributed by atoms with Crippen molar-refractivity contribution in [1.82, 2.24) is 4.90 Å². The second kappa shape index (κ2) is 7.70. The van der Waals surface area contributed by atoms with Gasteiger partial charge in [0.15, 0.2) is 0 Å². The van der Waals surface area contributed by atoms with Crippen LogP contribution in [-0.2, 0) is 4.79 Å². The highest BCUT2D eigenvalue weighted by atomic mass is 32.2. The Morgan fingerprint density at radius 2 is 2.15 bits per heavy atom. The van der Waals surface area contributed by atoms with Gasteiger partial charge in [-0.3, -0.25) is 4.79 Å². The highest BCUT2D eigenvalue weighted by Gasteiger charge is 2.21. The van der Waals surface area contributed by atoms with Crippen molar-refractivity contribution in [3.8, 4) is 0 Å². The molecule has 1 unspecified atom stereocenters. The van der Waals surface area contributed by atoms with E-state index in [-0.39, 0.29) is 0 Å². The fraction of sp³-hybridized carbons (Fsp3) is 0.562. The zero-order chi connectivity index (χ0) is 14.4. The third-order valence-corrected chi connectivity index (χ3v) is 4.76. The lowest BCUT2D eigenvalue weighted by Gasteiger charge is -2.31. The van der Waals surface area contributed by atoms with Crippen LogP contribution in [0, 0.1) is 12.8 Å². The predicted molar refractivity (Wildman–Crippen MR) is 83.3 cm³/mol. The molecular formula is C16H23NO2S. The molecule has 1 saturated heterocycles. The van der Waals surface area contributed by atoms with E-state index in [9.17, 15) is 4.79 Å². The van der Waals surface area contributed by atoms with Crippen LogP contribution in [-0.4, -0.2) is 41.4 Å². The standard InChI is InChI=1S/C16H23NO2S/c1-13-4-6-15(7-5-13)20-10-9-17-8-2-3-14(12-17)11-16(18)19/h4-7,14H,2-3,8-12H2,1H3,(H,18,19). The molecule has 0 aliphatic carbocycles. The van der Waals surface area contributed by atoms with E-state index in [1.54, 1.807) is 0 Å². The Labute approximate surface area is 125 Å². The molecule has 4 heteroatoms. The average molecular weight is 293 g/mol. The normalized spacial score (nSPS) is 19.9. The first-order valence-corrected chi connectivity index (χ1v) is 8.25. The summed E-state index contributed by atoms with van der Waals surface area (Å²) < 4.78 is 0. The van der Waals surface area contributed by atoms with Gasteiger partial charge in [0.05, 0.1) is 0 Å². The van der Waals surface area contributed by atoms with Gasteiger partial charge in [0, 0.05) is 30.2 Å². The molecule has 1 aromatic rings. The van der Waals surface area contributed by atoms with Crippen molar-refractivity contribution in [2.45, 2.75) is 31.1 Å². The van der Waals surface area contributed by atoms with E-state index < -0.39 is 5.97 Å². The molecule has 0 aromatic heterocycles. The number of thioether (sulfide) groups is 1. The third-order valence-electron chi connectivity index (χ3n) is 3.76. The highest BCUT2D eigenvalue weighted by molar-refractivity contribution is 7.99. The molecule has 1 aliphatic rings. The van der Waals surface area contributed by atoms with Crippen LogP contribution >= 0.6 is 11.8 Å². The minimum Gasteiger partial charge on any atom is -0.481 e. The maximum atomic E-state index is 10.8. The number of likely N-dealkylation sites (tertiary alicyclic amines) is 1. The highest BCUT2D eigenvalue weighted by Crippen LogP contribution is 2.22. The van der Waals surface area contributed by atoms with Crippen molar-refractivity contribution in [2.75, 3.05) is 25.4 Å². The fourth-order valence-corrected chi connectivity index (χ4v) is 3.61. The maximum Gasteiger partial charge on any atom is 0.303 e. The van der Waals surface area contributed by atoms with Crippen molar-refractivity contribution in [2.24, 2.45) is 5.92 Å². The predicted octanol–water partition coefficient (Wildman–Crippen LogP) is 3.27.